The molecule has 0 heterocycles. The van der Waals surface area contributed by atoms with Gasteiger partial charge in [-0.3, -0.25) is 4.39 Å². The van der Waals surface area contributed by atoms with Gasteiger partial charge < -0.3 is 0 Å². The van der Waals surface area contributed by atoms with E-state index in [0.717, 1.165) is 0 Å². The van der Waals surface area contributed by atoms with Crippen LogP contribution in [0, 0.1) is 31.0 Å². The number of hydrogen-bond donors (Lipinski definition) is 0. The molecule has 0 amide bonds. The average molecular weight is 363 g/mol. The van der Waals surface area contributed by atoms with Crippen LogP contribution in [0.2, 0.25) is 0 Å². The van der Waals surface area contributed by atoms with E-state index in [2.05, 4.69) is 13.3 Å². The van der Waals surface area contributed by atoms with Gasteiger partial charge in [-0.25, -0.2) is 4.39 Å². The monoisotopic (exact) mass is 363 g/mol. The standard InChI is InChI=1S/C7H2F5.C5H10.2CO.Fe/c8-4-1-2-6(9)5(3-4)7(10,11)12;1-2-4-5-3-1;2*1-2;/h1,3H;1-5H2;;;/q-1;;;;. The van der Waals surface area contributed by atoms with Crippen molar-refractivity contribution < 1.29 is 48.3 Å². The van der Waals surface area contributed by atoms with Crippen molar-refractivity contribution in [1.29, 1.82) is 0 Å². The molecule has 0 aromatic heterocycles. The van der Waals surface area contributed by atoms with Crippen LogP contribution in [0.4, 0.5) is 22.0 Å². The molecule has 1 aliphatic carbocycles. The summed E-state index contributed by atoms with van der Waals surface area (Å²) in [5, 5.41) is 0. The summed E-state index contributed by atoms with van der Waals surface area (Å²) >= 11 is 0. The van der Waals surface area contributed by atoms with Crippen molar-refractivity contribution in [3.63, 3.8) is 0 Å². The van der Waals surface area contributed by atoms with Crippen LogP contribution < -0.4 is 0 Å². The van der Waals surface area contributed by atoms with Crippen LogP contribution in [0.5, 0.6) is 0 Å². The zero-order chi connectivity index (χ0) is 16.9. The number of benzene rings is 1. The molecule has 8 heteroatoms. The summed E-state index contributed by atoms with van der Waals surface area (Å²) in [7, 11) is 0. The minimum absolute atomic E-state index is 0. The predicted molar refractivity (Wildman–Crippen MR) is 61.1 cm³/mol. The molecule has 1 fully saturated rings. The second-order valence-corrected chi connectivity index (χ2v) is 3.81. The van der Waals surface area contributed by atoms with E-state index in [0.29, 0.717) is 6.07 Å². The van der Waals surface area contributed by atoms with E-state index < -0.39 is 23.4 Å². The molecule has 2 nitrogen and oxygen atoms in total. The van der Waals surface area contributed by atoms with Crippen molar-refractivity contribution in [2.24, 2.45) is 0 Å². The van der Waals surface area contributed by atoms with E-state index in [-0.39, 0.29) is 23.1 Å². The number of halogens is 5. The van der Waals surface area contributed by atoms with Crippen LogP contribution in [0.15, 0.2) is 12.1 Å². The molecule has 0 bridgehead atoms. The van der Waals surface area contributed by atoms with Gasteiger partial charge in [-0.15, -0.1) is 18.2 Å². The first-order valence-electron chi connectivity index (χ1n) is 5.76. The number of hydrogen-bond acceptors (Lipinski definition) is 0. The Bertz CT molecular complexity index is 426. The molecule has 22 heavy (non-hydrogen) atoms. The van der Waals surface area contributed by atoms with Crippen LogP contribution in [0.25, 0.3) is 0 Å². The van der Waals surface area contributed by atoms with Crippen LogP contribution in [0.3, 0.4) is 0 Å². The van der Waals surface area contributed by atoms with Crippen molar-refractivity contribution in [3.05, 3.63) is 48.7 Å². The summed E-state index contributed by atoms with van der Waals surface area (Å²) in [6, 6.07) is 2.11. The zero-order valence-corrected chi connectivity index (χ0v) is 12.4. The Morgan fingerprint density at radius 3 is 1.55 bits per heavy atom. The summed E-state index contributed by atoms with van der Waals surface area (Å²) < 4.78 is 74.9. The smallest absolute Gasteiger partial charge is 0 e. The maximum Gasteiger partial charge on any atom is 0 e. The Balaban J connectivity index is -0.000000303. The Hall–Kier alpha value is -1.13. The Labute approximate surface area is 136 Å². The van der Waals surface area contributed by atoms with E-state index in [4.69, 9.17) is 9.30 Å². The summed E-state index contributed by atoms with van der Waals surface area (Å²) in [4.78, 5) is 0. The van der Waals surface area contributed by atoms with Crippen molar-refractivity contribution in [3.8, 4) is 0 Å². The topological polar surface area (TPSA) is 39.8 Å². The maximum absolute atomic E-state index is 12.3. The fourth-order valence-corrected chi connectivity index (χ4v) is 1.54. The van der Waals surface area contributed by atoms with E-state index in [1.54, 1.807) is 0 Å². The van der Waals surface area contributed by atoms with Gasteiger partial charge in [0.2, 0.25) is 0 Å². The first kappa shape index (κ1) is 25.8. The summed E-state index contributed by atoms with van der Waals surface area (Å²) in [6.07, 6.45) is 2.63. The van der Waals surface area contributed by atoms with Gasteiger partial charge in [0.15, 0.2) is 0 Å². The molecule has 0 saturated heterocycles. The third-order valence-corrected chi connectivity index (χ3v) is 2.41. The van der Waals surface area contributed by atoms with E-state index in [1.165, 1.54) is 38.2 Å². The predicted octanol–water partition coefficient (Wildman–Crippen LogP) is 4.66. The van der Waals surface area contributed by atoms with Crippen molar-refractivity contribution in [2.75, 3.05) is 0 Å². The molecular weight excluding hydrogens is 351 g/mol. The molecule has 0 aliphatic heterocycles. The second-order valence-electron chi connectivity index (χ2n) is 3.81. The summed E-state index contributed by atoms with van der Waals surface area (Å²) in [5.74, 6) is -2.76. The molecule has 1 aromatic carbocycles. The number of rotatable bonds is 0. The van der Waals surface area contributed by atoms with E-state index >= 15 is 0 Å². The first-order valence-corrected chi connectivity index (χ1v) is 5.76. The molecule has 0 radical (unpaired) electrons. The van der Waals surface area contributed by atoms with Crippen molar-refractivity contribution in [1.82, 2.24) is 0 Å². The van der Waals surface area contributed by atoms with Gasteiger partial charge in [0, 0.05) is 28.7 Å². The van der Waals surface area contributed by atoms with Crippen molar-refractivity contribution in [2.45, 2.75) is 38.3 Å². The Morgan fingerprint density at radius 2 is 1.27 bits per heavy atom. The van der Waals surface area contributed by atoms with Crippen LogP contribution in [-0.2, 0) is 32.5 Å². The second kappa shape index (κ2) is 14.8. The van der Waals surface area contributed by atoms with Crippen LogP contribution in [0.1, 0.15) is 37.7 Å². The summed E-state index contributed by atoms with van der Waals surface area (Å²) in [5.41, 5.74) is -1.64. The van der Waals surface area contributed by atoms with Gasteiger partial charge in [-0.05, 0) is 5.56 Å². The van der Waals surface area contributed by atoms with E-state index in [9.17, 15) is 22.0 Å². The minimum atomic E-state index is -4.87. The van der Waals surface area contributed by atoms with Gasteiger partial charge >= 0.3 is 28.8 Å². The van der Waals surface area contributed by atoms with Gasteiger partial charge in [-0.1, -0.05) is 32.1 Å². The van der Waals surface area contributed by atoms with Crippen LogP contribution >= 0.6 is 0 Å². The normalized spacial score (nSPS) is 12.0. The molecule has 0 unspecified atom stereocenters. The first-order chi connectivity index (χ1) is 9.91. The number of alkyl halides is 3. The molecule has 1 saturated carbocycles. The van der Waals surface area contributed by atoms with Gasteiger partial charge in [0.25, 0.3) is 0 Å². The summed E-state index contributed by atoms with van der Waals surface area (Å²) in [6.45, 7) is 9.00. The van der Waals surface area contributed by atoms with Crippen LogP contribution in [-0.4, -0.2) is 0 Å². The average Bonchev–Trinajstić information content (AvgIpc) is 3.04. The maximum atomic E-state index is 12.3. The molecular formula is C14H12F5FeO2-. The Kier molecular flexibility index (Phi) is 17.3. The van der Waals surface area contributed by atoms with Gasteiger partial charge in [0.1, 0.15) is 0 Å². The van der Waals surface area contributed by atoms with Crippen molar-refractivity contribution >= 4 is 0 Å². The Morgan fingerprint density at radius 1 is 0.909 bits per heavy atom. The zero-order valence-electron chi connectivity index (χ0n) is 11.3. The van der Waals surface area contributed by atoms with Gasteiger partial charge in [-0.2, -0.15) is 13.2 Å². The SMILES string of the molecule is C1CCCC1.Fc1c[c-]c(F)c(C(F)(F)F)c1.[C-]#[O+].[C-]#[O+].[Fe]. The molecule has 1 aromatic rings. The molecule has 0 atom stereocenters. The fraction of sp³-hybridized carbons (Fsp3) is 0.429. The fourth-order valence-electron chi connectivity index (χ4n) is 1.54. The molecule has 2 rings (SSSR count). The molecule has 124 valence electrons. The van der Waals surface area contributed by atoms with E-state index in [1.807, 2.05) is 0 Å². The molecule has 1 aliphatic rings. The quantitative estimate of drug-likeness (QED) is 0.279. The minimum Gasteiger partial charge on any atom is 0 e. The third-order valence-electron chi connectivity index (χ3n) is 2.41. The third kappa shape index (κ3) is 11.5. The van der Waals surface area contributed by atoms with Gasteiger partial charge in [0.05, 0.1) is 0 Å². The largest absolute Gasteiger partial charge is 0 e. The molecule has 0 spiro atoms. The molecule has 0 N–H and O–H groups in total.